The lowest BCUT2D eigenvalue weighted by atomic mass is 10.1. The highest BCUT2D eigenvalue weighted by Gasteiger charge is 2.09. The summed E-state index contributed by atoms with van der Waals surface area (Å²) < 4.78 is 13.5. The molecular weight excluding hydrogens is 293 g/mol. The van der Waals surface area contributed by atoms with E-state index in [0.717, 1.165) is 5.56 Å². The molecule has 2 aromatic carbocycles. The van der Waals surface area contributed by atoms with Gasteiger partial charge in [0.2, 0.25) is 0 Å². The van der Waals surface area contributed by atoms with Gasteiger partial charge < -0.3 is 5.32 Å². The van der Waals surface area contributed by atoms with Crippen LogP contribution in [0.1, 0.15) is 15.9 Å². The van der Waals surface area contributed by atoms with Crippen molar-refractivity contribution in [1.29, 1.82) is 0 Å². The third-order valence-corrected chi connectivity index (χ3v) is 3.38. The number of amides is 1. The van der Waals surface area contributed by atoms with Crippen LogP contribution in [-0.4, -0.2) is 15.9 Å². The van der Waals surface area contributed by atoms with E-state index in [1.807, 2.05) is 30.3 Å². The second-order valence-corrected chi connectivity index (χ2v) is 5.08. The van der Waals surface area contributed by atoms with Crippen molar-refractivity contribution in [3.8, 4) is 11.4 Å². The molecule has 3 aromatic rings. The normalized spacial score (nSPS) is 10.3. The van der Waals surface area contributed by atoms with Crippen molar-refractivity contribution in [2.75, 3.05) is 5.32 Å². The quantitative estimate of drug-likeness (QED) is 0.799. The number of hydrogen-bond donors (Lipinski definition) is 1. The molecule has 0 saturated carbocycles. The molecule has 5 heteroatoms. The molecule has 0 radical (unpaired) electrons. The summed E-state index contributed by atoms with van der Waals surface area (Å²) in [6, 6.07) is 13.9. The second kappa shape index (κ2) is 6.36. The monoisotopic (exact) mass is 307 g/mol. The van der Waals surface area contributed by atoms with Crippen LogP contribution in [0.4, 0.5) is 10.1 Å². The van der Waals surface area contributed by atoms with Crippen LogP contribution < -0.4 is 5.32 Å². The van der Waals surface area contributed by atoms with Crippen molar-refractivity contribution in [2.24, 2.45) is 0 Å². The lowest BCUT2D eigenvalue weighted by molar-refractivity contribution is 0.102. The number of carbonyl (C=O) groups excluding carboxylic acids is 1. The third-order valence-electron chi connectivity index (χ3n) is 3.38. The summed E-state index contributed by atoms with van der Waals surface area (Å²) in [4.78, 5) is 20.6. The number of carbonyl (C=O) groups is 1. The van der Waals surface area contributed by atoms with Crippen LogP contribution in [-0.2, 0) is 0 Å². The van der Waals surface area contributed by atoms with Gasteiger partial charge in [-0.05, 0) is 24.6 Å². The fourth-order valence-electron chi connectivity index (χ4n) is 2.07. The maximum atomic E-state index is 13.5. The van der Waals surface area contributed by atoms with Crippen LogP contribution in [0.15, 0.2) is 60.9 Å². The Kier molecular flexibility index (Phi) is 4.10. The van der Waals surface area contributed by atoms with Gasteiger partial charge in [0.05, 0.1) is 18.1 Å². The van der Waals surface area contributed by atoms with E-state index in [4.69, 9.17) is 0 Å². The minimum absolute atomic E-state index is 0.250. The van der Waals surface area contributed by atoms with E-state index in [1.165, 1.54) is 18.5 Å². The first-order valence-corrected chi connectivity index (χ1v) is 7.08. The van der Waals surface area contributed by atoms with Crippen molar-refractivity contribution in [3.05, 3.63) is 77.9 Å². The summed E-state index contributed by atoms with van der Waals surface area (Å²) in [6.07, 6.45) is 3.05. The van der Waals surface area contributed by atoms with Gasteiger partial charge in [-0.15, -0.1) is 0 Å². The highest BCUT2D eigenvalue weighted by molar-refractivity contribution is 6.04. The van der Waals surface area contributed by atoms with Crippen molar-refractivity contribution < 1.29 is 9.18 Å². The Morgan fingerprint density at radius 3 is 2.39 bits per heavy atom. The molecule has 1 heterocycles. The highest BCUT2D eigenvalue weighted by Crippen LogP contribution is 2.16. The molecule has 0 bridgehead atoms. The third kappa shape index (κ3) is 3.40. The van der Waals surface area contributed by atoms with Gasteiger partial charge in [-0.2, -0.15) is 0 Å². The summed E-state index contributed by atoms with van der Waals surface area (Å²) in [5, 5.41) is 2.65. The number of aryl methyl sites for hydroxylation is 1. The van der Waals surface area contributed by atoms with E-state index in [9.17, 15) is 9.18 Å². The predicted molar refractivity (Wildman–Crippen MR) is 86.6 cm³/mol. The SMILES string of the molecule is Cc1ccc(C(=O)Nc2cnc(-c3ccccc3)nc2)cc1F. The predicted octanol–water partition coefficient (Wildman–Crippen LogP) is 3.84. The average molecular weight is 307 g/mol. The van der Waals surface area contributed by atoms with Crippen molar-refractivity contribution in [2.45, 2.75) is 6.92 Å². The smallest absolute Gasteiger partial charge is 0.255 e. The fourth-order valence-corrected chi connectivity index (χ4v) is 2.07. The molecule has 114 valence electrons. The number of hydrogen-bond acceptors (Lipinski definition) is 3. The minimum Gasteiger partial charge on any atom is -0.319 e. The Morgan fingerprint density at radius 2 is 1.74 bits per heavy atom. The van der Waals surface area contributed by atoms with E-state index in [2.05, 4.69) is 15.3 Å². The molecular formula is C18H14FN3O. The summed E-state index contributed by atoms with van der Waals surface area (Å²) in [5.41, 5.74) is 2.10. The van der Waals surface area contributed by atoms with Crippen LogP contribution in [0.3, 0.4) is 0 Å². The van der Waals surface area contributed by atoms with Crippen molar-refractivity contribution in [1.82, 2.24) is 9.97 Å². The maximum absolute atomic E-state index is 13.5. The molecule has 0 unspecified atom stereocenters. The number of nitrogens with zero attached hydrogens (tertiary/aromatic N) is 2. The molecule has 0 aliphatic heterocycles. The van der Waals surface area contributed by atoms with Crippen molar-refractivity contribution in [3.63, 3.8) is 0 Å². The Bertz CT molecular complexity index is 833. The molecule has 0 aliphatic rings. The van der Waals surface area contributed by atoms with Gasteiger partial charge in [0.1, 0.15) is 5.82 Å². The Hall–Kier alpha value is -3.08. The van der Waals surface area contributed by atoms with Gasteiger partial charge >= 0.3 is 0 Å². The zero-order valence-electron chi connectivity index (χ0n) is 12.5. The Morgan fingerprint density at radius 1 is 1.04 bits per heavy atom. The molecule has 0 atom stereocenters. The average Bonchev–Trinajstić information content (AvgIpc) is 2.59. The first-order chi connectivity index (χ1) is 11.1. The molecule has 1 N–H and O–H groups in total. The van der Waals surface area contributed by atoms with E-state index < -0.39 is 11.7 Å². The first kappa shape index (κ1) is 14.8. The van der Waals surface area contributed by atoms with Gasteiger partial charge in [-0.3, -0.25) is 4.79 Å². The van der Waals surface area contributed by atoms with Gasteiger partial charge in [0, 0.05) is 11.1 Å². The van der Waals surface area contributed by atoms with E-state index in [0.29, 0.717) is 17.1 Å². The standard InChI is InChI=1S/C18H14FN3O/c1-12-7-8-14(9-16(12)19)18(23)22-15-10-20-17(21-11-15)13-5-3-2-4-6-13/h2-11H,1H3,(H,22,23). The molecule has 0 fully saturated rings. The van der Waals surface area contributed by atoms with Crippen LogP contribution in [0, 0.1) is 12.7 Å². The molecule has 3 rings (SSSR count). The van der Waals surface area contributed by atoms with Crippen LogP contribution >= 0.6 is 0 Å². The molecule has 0 spiro atoms. The minimum atomic E-state index is -0.409. The van der Waals surface area contributed by atoms with Crippen LogP contribution in [0.25, 0.3) is 11.4 Å². The number of halogens is 1. The van der Waals surface area contributed by atoms with Gasteiger partial charge in [-0.25, -0.2) is 14.4 Å². The topological polar surface area (TPSA) is 54.9 Å². The zero-order chi connectivity index (χ0) is 16.2. The van der Waals surface area contributed by atoms with Crippen LogP contribution in [0.2, 0.25) is 0 Å². The van der Waals surface area contributed by atoms with Crippen LogP contribution in [0.5, 0.6) is 0 Å². The second-order valence-electron chi connectivity index (χ2n) is 5.08. The molecule has 0 aliphatic carbocycles. The maximum Gasteiger partial charge on any atom is 0.255 e. The number of anilines is 1. The molecule has 1 aromatic heterocycles. The number of aromatic nitrogens is 2. The molecule has 23 heavy (non-hydrogen) atoms. The summed E-state index contributed by atoms with van der Waals surface area (Å²) in [7, 11) is 0. The van der Waals surface area contributed by atoms with Gasteiger partial charge in [0.25, 0.3) is 5.91 Å². The molecule has 4 nitrogen and oxygen atoms in total. The first-order valence-electron chi connectivity index (χ1n) is 7.08. The summed E-state index contributed by atoms with van der Waals surface area (Å²) >= 11 is 0. The zero-order valence-corrected chi connectivity index (χ0v) is 12.5. The molecule has 0 saturated heterocycles. The Labute approximate surface area is 133 Å². The van der Waals surface area contributed by atoms with E-state index >= 15 is 0 Å². The van der Waals surface area contributed by atoms with Crippen molar-refractivity contribution >= 4 is 11.6 Å². The van der Waals surface area contributed by atoms with Gasteiger partial charge in [0.15, 0.2) is 5.82 Å². The number of rotatable bonds is 3. The lowest BCUT2D eigenvalue weighted by Gasteiger charge is -2.06. The fraction of sp³-hybridized carbons (Fsp3) is 0.0556. The summed E-state index contributed by atoms with van der Waals surface area (Å²) in [6.45, 7) is 1.65. The Balaban J connectivity index is 1.75. The highest BCUT2D eigenvalue weighted by atomic mass is 19.1. The largest absolute Gasteiger partial charge is 0.319 e. The number of benzene rings is 2. The summed E-state index contributed by atoms with van der Waals surface area (Å²) in [5.74, 6) is -0.238. The van der Waals surface area contributed by atoms with E-state index in [1.54, 1.807) is 19.1 Å². The van der Waals surface area contributed by atoms with Gasteiger partial charge in [-0.1, -0.05) is 36.4 Å². The number of nitrogens with one attached hydrogen (secondary N) is 1. The lowest BCUT2D eigenvalue weighted by Crippen LogP contribution is -2.12. The molecule has 1 amide bonds. The van der Waals surface area contributed by atoms with E-state index in [-0.39, 0.29) is 5.56 Å².